The molecule has 6 nitrogen and oxygen atoms in total. The fraction of sp³-hybridized carbons (Fsp3) is 0.500. The normalized spacial score (nSPS) is 18.5. The molecule has 6 heteroatoms. The highest BCUT2D eigenvalue weighted by Gasteiger charge is 2.28. The van der Waals surface area contributed by atoms with Crippen molar-refractivity contribution in [3.63, 3.8) is 0 Å². The molecule has 1 atom stereocenters. The number of nitrogens with one attached hydrogen (secondary N) is 2. The van der Waals surface area contributed by atoms with Crippen LogP contribution in [0.4, 0.5) is 0 Å². The van der Waals surface area contributed by atoms with Gasteiger partial charge in [-0.3, -0.25) is 14.6 Å². The van der Waals surface area contributed by atoms with Crippen molar-refractivity contribution < 1.29 is 9.59 Å². The lowest BCUT2D eigenvalue weighted by Gasteiger charge is -2.34. The Morgan fingerprint density at radius 1 is 1.00 bits per heavy atom. The summed E-state index contributed by atoms with van der Waals surface area (Å²) in [5.74, 6) is 0.455. The van der Waals surface area contributed by atoms with Crippen molar-refractivity contribution in [1.82, 2.24) is 20.5 Å². The van der Waals surface area contributed by atoms with Gasteiger partial charge < -0.3 is 15.5 Å². The van der Waals surface area contributed by atoms with E-state index in [0.29, 0.717) is 6.42 Å². The number of amides is 2. The van der Waals surface area contributed by atoms with Crippen molar-refractivity contribution >= 4 is 11.8 Å². The van der Waals surface area contributed by atoms with E-state index >= 15 is 0 Å². The third kappa shape index (κ3) is 6.39. The molecule has 170 valence electrons. The number of carbonyl (C=O) groups is 2. The monoisotopic (exact) mass is 434 g/mol. The Kier molecular flexibility index (Phi) is 7.88. The zero-order valence-electron chi connectivity index (χ0n) is 18.7. The van der Waals surface area contributed by atoms with E-state index in [1.54, 1.807) is 6.20 Å². The predicted octanol–water partition coefficient (Wildman–Crippen LogP) is 3.25. The van der Waals surface area contributed by atoms with E-state index < -0.39 is 0 Å². The molecule has 2 fully saturated rings. The SMILES string of the molecule is O=C(Cc1ccccn1)NC1CCN(CCC(NC(=O)C2CCC2)c2ccccc2)CC1. The summed E-state index contributed by atoms with van der Waals surface area (Å²) in [6, 6.07) is 16.2. The van der Waals surface area contributed by atoms with Crippen LogP contribution in [0.3, 0.4) is 0 Å². The number of pyridine rings is 1. The lowest BCUT2D eigenvalue weighted by atomic mass is 9.84. The van der Waals surface area contributed by atoms with Crippen LogP contribution in [0.25, 0.3) is 0 Å². The Balaban J connectivity index is 1.22. The van der Waals surface area contributed by atoms with Gasteiger partial charge in [-0.25, -0.2) is 0 Å². The third-order valence-electron chi connectivity index (χ3n) is 6.75. The molecule has 1 saturated carbocycles. The van der Waals surface area contributed by atoms with Gasteiger partial charge in [0.2, 0.25) is 11.8 Å². The second-order valence-electron chi connectivity index (χ2n) is 9.07. The highest BCUT2D eigenvalue weighted by atomic mass is 16.2. The Morgan fingerprint density at radius 3 is 2.41 bits per heavy atom. The molecule has 1 aromatic carbocycles. The summed E-state index contributed by atoms with van der Waals surface area (Å²) in [5, 5.41) is 6.47. The summed E-state index contributed by atoms with van der Waals surface area (Å²) in [5.41, 5.74) is 1.98. The molecule has 32 heavy (non-hydrogen) atoms. The molecule has 2 amide bonds. The minimum absolute atomic E-state index is 0.0463. The molecule has 1 aliphatic heterocycles. The molecular weight excluding hydrogens is 400 g/mol. The van der Waals surface area contributed by atoms with E-state index in [0.717, 1.165) is 57.4 Å². The van der Waals surface area contributed by atoms with Gasteiger partial charge in [-0.15, -0.1) is 0 Å². The summed E-state index contributed by atoms with van der Waals surface area (Å²) in [6.07, 6.45) is 8.08. The highest BCUT2D eigenvalue weighted by Crippen LogP contribution is 2.28. The zero-order valence-corrected chi connectivity index (χ0v) is 18.7. The van der Waals surface area contributed by atoms with Crippen molar-refractivity contribution in [2.24, 2.45) is 5.92 Å². The lowest BCUT2D eigenvalue weighted by molar-refractivity contribution is -0.128. The van der Waals surface area contributed by atoms with Crippen molar-refractivity contribution in [3.05, 3.63) is 66.0 Å². The zero-order chi connectivity index (χ0) is 22.2. The van der Waals surface area contributed by atoms with Crippen molar-refractivity contribution in [2.75, 3.05) is 19.6 Å². The van der Waals surface area contributed by atoms with E-state index in [4.69, 9.17) is 0 Å². The van der Waals surface area contributed by atoms with Crippen LogP contribution >= 0.6 is 0 Å². The molecule has 2 aliphatic rings. The quantitative estimate of drug-likeness (QED) is 0.635. The maximum Gasteiger partial charge on any atom is 0.226 e. The van der Waals surface area contributed by atoms with Gasteiger partial charge in [0.15, 0.2) is 0 Å². The molecule has 1 saturated heterocycles. The summed E-state index contributed by atoms with van der Waals surface area (Å²) >= 11 is 0. The van der Waals surface area contributed by atoms with Crippen LogP contribution in [0.5, 0.6) is 0 Å². The van der Waals surface area contributed by atoms with Gasteiger partial charge in [-0.1, -0.05) is 42.8 Å². The Hall–Kier alpha value is -2.73. The molecular formula is C26H34N4O2. The number of carbonyl (C=O) groups excluding carboxylic acids is 2. The average Bonchev–Trinajstić information content (AvgIpc) is 2.77. The molecule has 1 aliphatic carbocycles. The van der Waals surface area contributed by atoms with Crippen LogP contribution in [-0.2, 0) is 16.0 Å². The Labute approximate surface area is 190 Å². The van der Waals surface area contributed by atoms with Crippen LogP contribution in [0.2, 0.25) is 0 Å². The van der Waals surface area contributed by atoms with Gasteiger partial charge in [-0.05, 0) is 49.8 Å². The molecule has 4 rings (SSSR count). The standard InChI is InChI=1S/C26H34N4O2/c31-25(19-23-11-4-5-15-27-23)28-22-12-16-30(17-13-22)18-14-24(20-7-2-1-3-8-20)29-26(32)21-9-6-10-21/h1-5,7-8,11,15,21-22,24H,6,9-10,12-14,16-19H2,(H,28,31)(H,29,32). The number of likely N-dealkylation sites (tertiary alicyclic amines) is 1. The van der Waals surface area contributed by atoms with Crippen LogP contribution in [0.15, 0.2) is 54.7 Å². The Bertz CT molecular complexity index is 862. The maximum atomic E-state index is 12.6. The molecule has 2 heterocycles. The van der Waals surface area contributed by atoms with Crippen LogP contribution in [0, 0.1) is 5.92 Å². The maximum absolute atomic E-state index is 12.6. The van der Waals surface area contributed by atoms with Crippen LogP contribution < -0.4 is 10.6 Å². The van der Waals surface area contributed by atoms with Crippen molar-refractivity contribution in [3.8, 4) is 0 Å². The number of hydrogen-bond donors (Lipinski definition) is 2. The van der Waals surface area contributed by atoms with Gasteiger partial charge in [-0.2, -0.15) is 0 Å². The van der Waals surface area contributed by atoms with E-state index in [2.05, 4.69) is 32.7 Å². The largest absolute Gasteiger partial charge is 0.353 e. The first-order valence-electron chi connectivity index (χ1n) is 11.9. The average molecular weight is 435 g/mol. The summed E-state index contributed by atoms with van der Waals surface area (Å²) in [6.45, 7) is 2.87. The molecule has 0 radical (unpaired) electrons. The van der Waals surface area contributed by atoms with Crippen molar-refractivity contribution in [1.29, 1.82) is 0 Å². The molecule has 0 spiro atoms. The minimum Gasteiger partial charge on any atom is -0.353 e. The topological polar surface area (TPSA) is 74.3 Å². The fourth-order valence-corrected chi connectivity index (χ4v) is 4.53. The third-order valence-corrected chi connectivity index (χ3v) is 6.75. The van der Waals surface area contributed by atoms with Gasteiger partial charge in [0, 0.05) is 43.5 Å². The molecule has 2 aromatic rings. The number of piperidine rings is 1. The first-order valence-corrected chi connectivity index (χ1v) is 11.9. The second-order valence-corrected chi connectivity index (χ2v) is 9.07. The summed E-state index contributed by atoms with van der Waals surface area (Å²) in [4.78, 5) is 31.6. The van der Waals surface area contributed by atoms with Crippen molar-refractivity contribution in [2.45, 2.75) is 57.0 Å². The minimum atomic E-state index is 0.0463. The fourth-order valence-electron chi connectivity index (χ4n) is 4.53. The van der Waals surface area contributed by atoms with Gasteiger partial charge >= 0.3 is 0 Å². The van der Waals surface area contributed by atoms with Gasteiger partial charge in [0.25, 0.3) is 0 Å². The smallest absolute Gasteiger partial charge is 0.226 e. The number of hydrogen-bond acceptors (Lipinski definition) is 4. The lowest BCUT2D eigenvalue weighted by Crippen LogP contribution is -2.46. The molecule has 0 bridgehead atoms. The van der Waals surface area contributed by atoms with Gasteiger partial charge in [0.1, 0.15) is 0 Å². The summed E-state index contributed by atoms with van der Waals surface area (Å²) in [7, 11) is 0. The molecule has 1 unspecified atom stereocenters. The number of aromatic nitrogens is 1. The summed E-state index contributed by atoms with van der Waals surface area (Å²) < 4.78 is 0. The highest BCUT2D eigenvalue weighted by molar-refractivity contribution is 5.80. The van der Waals surface area contributed by atoms with E-state index in [1.165, 1.54) is 12.0 Å². The molecule has 1 aromatic heterocycles. The van der Waals surface area contributed by atoms with E-state index in [1.807, 2.05) is 36.4 Å². The predicted molar refractivity (Wildman–Crippen MR) is 125 cm³/mol. The van der Waals surface area contributed by atoms with E-state index in [-0.39, 0.29) is 29.8 Å². The van der Waals surface area contributed by atoms with Gasteiger partial charge in [0.05, 0.1) is 12.5 Å². The van der Waals surface area contributed by atoms with Crippen LogP contribution in [-0.4, -0.2) is 47.4 Å². The number of benzene rings is 1. The number of rotatable bonds is 9. The first-order chi connectivity index (χ1) is 15.7. The first kappa shape index (κ1) is 22.5. The number of nitrogens with zero attached hydrogens (tertiary/aromatic N) is 2. The Morgan fingerprint density at radius 2 is 1.75 bits per heavy atom. The molecule has 2 N–H and O–H groups in total. The van der Waals surface area contributed by atoms with E-state index in [9.17, 15) is 9.59 Å². The van der Waals surface area contributed by atoms with Crippen LogP contribution in [0.1, 0.15) is 55.8 Å². The second kappa shape index (κ2) is 11.2.